The molecule has 0 aliphatic carbocycles. The zero-order valence-electron chi connectivity index (χ0n) is 12.9. The fourth-order valence-electron chi connectivity index (χ4n) is 2.05. The van der Waals surface area contributed by atoms with E-state index in [9.17, 15) is 9.18 Å². The molecule has 2 aromatic rings. The predicted octanol–water partition coefficient (Wildman–Crippen LogP) is 4.01. The van der Waals surface area contributed by atoms with Crippen molar-refractivity contribution in [1.82, 2.24) is 0 Å². The largest absolute Gasteiger partial charge is 0.423 e. The highest BCUT2D eigenvalue weighted by Gasteiger charge is 2.12. The van der Waals surface area contributed by atoms with E-state index >= 15 is 0 Å². The molecule has 1 unspecified atom stereocenters. The Bertz CT molecular complexity index is 735. The standard InChI is InChI=1S/C18H16FNO3/c1-3-22-12(2)13-4-6-14(7-5-13)18(21)23-16-9-8-15(11-20)17(19)10-16/h4-10,12H,3H2,1-2H3. The van der Waals surface area contributed by atoms with Crippen LogP contribution in [0.4, 0.5) is 4.39 Å². The molecule has 0 aliphatic rings. The van der Waals surface area contributed by atoms with Crippen molar-refractivity contribution in [2.75, 3.05) is 6.61 Å². The van der Waals surface area contributed by atoms with Gasteiger partial charge in [-0.2, -0.15) is 5.26 Å². The van der Waals surface area contributed by atoms with Gasteiger partial charge in [0.2, 0.25) is 0 Å². The lowest BCUT2D eigenvalue weighted by Crippen LogP contribution is -2.09. The van der Waals surface area contributed by atoms with E-state index in [1.165, 1.54) is 12.1 Å². The lowest BCUT2D eigenvalue weighted by molar-refractivity contribution is 0.0728. The predicted molar refractivity (Wildman–Crippen MR) is 82.6 cm³/mol. The van der Waals surface area contributed by atoms with Crippen molar-refractivity contribution in [1.29, 1.82) is 5.26 Å². The Morgan fingerprint density at radius 2 is 1.96 bits per heavy atom. The van der Waals surface area contributed by atoms with Crippen molar-refractivity contribution in [2.24, 2.45) is 0 Å². The van der Waals surface area contributed by atoms with Crippen LogP contribution in [0.5, 0.6) is 5.75 Å². The Labute approximate surface area is 134 Å². The SMILES string of the molecule is CCOC(C)c1ccc(C(=O)Oc2ccc(C#N)c(F)c2)cc1. The van der Waals surface area contributed by atoms with Crippen LogP contribution in [0.2, 0.25) is 0 Å². The average molecular weight is 313 g/mol. The summed E-state index contributed by atoms with van der Waals surface area (Å²) in [4.78, 5) is 12.0. The first-order valence-corrected chi connectivity index (χ1v) is 7.18. The number of ether oxygens (including phenoxy) is 2. The minimum atomic E-state index is -0.723. The maximum absolute atomic E-state index is 13.5. The first-order valence-electron chi connectivity index (χ1n) is 7.18. The van der Waals surface area contributed by atoms with Gasteiger partial charge < -0.3 is 9.47 Å². The zero-order valence-corrected chi connectivity index (χ0v) is 12.9. The van der Waals surface area contributed by atoms with E-state index in [0.29, 0.717) is 12.2 Å². The Morgan fingerprint density at radius 3 is 2.52 bits per heavy atom. The van der Waals surface area contributed by atoms with Gasteiger partial charge in [0.1, 0.15) is 17.6 Å². The second-order valence-electron chi connectivity index (χ2n) is 4.86. The van der Waals surface area contributed by atoms with Crippen molar-refractivity contribution in [2.45, 2.75) is 20.0 Å². The molecule has 0 aliphatic heterocycles. The molecular formula is C18H16FNO3. The number of hydrogen-bond acceptors (Lipinski definition) is 4. The molecule has 2 aromatic carbocycles. The summed E-state index contributed by atoms with van der Waals surface area (Å²) in [6, 6.07) is 12.2. The summed E-state index contributed by atoms with van der Waals surface area (Å²) < 4.78 is 24.1. The summed E-state index contributed by atoms with van der Waals surface area (Å²) in [5.74, 6) is -1.26. The van der Waals surface area contributed by atoms with Crippen LogP contribution in [0.15, 0.2) is 42.5 Å². The third kappa shape index (κ3) is 4.15. The summed E-state index contributed by atoms with van der Waals surface area (Å²) in [6.45, 7) is 4.45. The van der Waals surface area contributed by atoms with Crippen LogP contribution in [-0.2, 0) is 4.74 Å². The minimum Gasteiger partial charge on any atom is -0.423 e. The van der Waals surface area contributed by atoms with Gasteiger partial charge in [-0.05, 0) is 43.7 Å². The van der Waals surface area contributed by atoms with E-state index in [1.807, 2.05) is 13.8 Å². The number of hydrogen-bond donors (Lipinski definition) is 0. The smallest absolute Gasteiger partial charge is 0.343 e. The van der Waals surface area contributed by atoms with Gasteiger partial charge in [-0.25, -0.2) is 9.18 Å². The summed E-state index contributed by atoms with van der Waals surface area (Å²) in [5.41, 5.74) is 1.20. The molecule has 2 rings (SSSR count). The third-order valence-corrected chi connectivity index (χ3v) is 3.30. The van der Waals surface area contributed by atoms with Crippen molar-refractivity contribution >= 4 is 5.97 Å². The normalized spacial score (nSPS) is 11.6. The third-order valence-electron chi connectivity index (χ3n) is 3.30. The summed E-state index contributed by atoms with van der Waals surface area (Å²) in [7, 11) is 0. The first kappa shape index (κ1) is 16.7. The number of carbonyl (C=O) groups is 1. The maximum Gasteiger partial charge on any atom is 0.343 e. The minimum absolute atomic E-state index is 0.0539. The van der Waals surface area contributed by atoms with Gasteiger partial charge in [-0.1, -0.05) is 12.1 Å². The van der Waals surface area contributed by atoms with E-state index in [4.69, 9.17) is 14.7 Å². The molecule has 0 heterocycles. The molecule has 0 fully saturated rings. The number of rotatable bonds is 5. The fourth-order valence-corrected chi connectivity index (χ4v) is 2.05. The van der Waals surface area contributed by atoms with E-state index in [2.05, 4.69) is 0 Å². The average Bonchev–Trinajstić information content (AvgIpc) is 2.55. The van der Waals surface area contributed by atoms with Crippen LogP contribution in [0, 0.1) is 17.1 Å². The van der Waals surface area contributed by atoms with E-state index in [-0.39, 0.29) is 17.4 Å². The number of nitriles is 1. The summed E-state index contributed by atoms with van der Waals surface area (Å²) in [5, 5.41) is 8.67. The highest BCUT2D eigenvalue weighted by Crippen LogP contribution is 2.20. The quantitative estimate of drug-likeness (QED) is 0.618. The summed E-state index contributed by atoms with van der Waals surface area (Å²) in [6.07, 6.45) is -0.0577. The molecule has 0 radical (unpaired) electrons. The number of carbonyl (C=O) groups excluding carboxylic acids is 1. The number of nitrogens with zero attached hydrogens (tertiary/aromatic N) is 1. The van der Waals surface area contributed by atoms with Gasteiger partial charge in [-0.15, -0.1) is 0 Å². The molecule has 0 N–H and O–H groups in total. The van der Waals surface area contributed by atoms with Crippen LogP contribution in [0.3, 0.4) is 0 Å². The van der Waals surface area contributed by atoms with Crippen molar-refractivity contribution in [3.8, 4) is 11.8 Å². The van der Waals surface area contributed by atoms with Gasteiger partial charge in [0, 0.05) is 12.7 Å². The molecule has 0 saturated carbocycles. The van der Waals surface area contributed by atoms with E-state index in [1.54, 1.807) is 30.3 Å². The Kier molecular flexibility index (Phi) is 5.45. The van der Waals surface area contributed by atoms with Gasteiger partial charge >= 0.3 is 5.97 Å². The number of halogens is 1. The molecule has 118 valence electrons. The molecule has 0 bridgehead atoms. The molecule has 0 saturated heterocycles. The second-order valence-corrected chi connectivity index (χ2v) is 4.86. The van der Waals surface area contributed by atoms with Gasteiger partial charge in [-0.3, -0.25) is 0 Å². The molecule has 0 spiro atoms. The lowest BCUT2D eigenvalue weighted by Gasteiger charge is -2.12. The second kappa shape index (κ2) is 7.52. The van der Waals surface area contributed by atoms with Crippen molar-refractivity contribution in [3.05, 3.63) is 65.0 Å². The van der Waals surface area contributed by atoms with E-state index < -0.39 is 11.8 Å². The van der Waals surface area contributed by atoms with Gasteiger partial charge in [0.25, 0.3) is 0 Å². The zero-order chi connectivity index (χ0) is 16.8. The van der Waals surface area contributed by atoms with Crippen LogP contribution < -0.4 is 4.74 Å². The topological polar surface area (TPSA) is 59.3 Å². The van der Waals surface area contributed by atoms with Gasteiger partial charge in [0.05, 0.1) is 17.2 Å². The molecule has 4 nitrogen and oxygen atoms in total. The van der Waals surface area contributed by atoms with Crippen molar-refractivity contribution < 1.29 is 18.7 Å². The van der Waals surface area contributed by atoms with Crippen LogP contribution in [0.1, 0.15) is 41.4 Å². The maximum atomic E-state index is 13.5. The van der Waals surface area contributed by atoms with E-state index in [0.717, 1.165) is 11.6 Å². The first-order chi connectivity index (χ1) is 11.0. The Hall–Kier alpha value is -2.71. The van der Waals surface area contributed by atoms with Crippen molar-refractivity contribution in [3.63, 3.8) is 0 Å². The highest BCUT2D eigenvalue weighted by molar-refractivity contribution is 5.91. The molecule has 23 heavy (non-hydrogen) atoms. The molecule has 0 amide bonds. The number of esters is 1. The number of benzene rings is 2. The monoisotopic (exact) mass is 313 g/mol. The summed E-state index contributed by atoms with van der Waals surface area (Å²) >= 11 is 0. The Balaban J connectivity index is 2.09. The fraction of sp³-hybridized carbons (Fsp3) is 0.222. The van der Waals surface area contributed by atoms with Crippen LogP contribution >= 0.6 is 0 Å². The Morgan fingerprint density at radius 1 is 1.26 bits per heavy atom. The van der Waals surface area contributed by atoms with Crippen LogP contribution in [-0.4, -0.2) is 12.6 Å². The molecular weight excluding hydrogens is 297 g/mol. The lowest BCUT2D eigenvalue weighted by atomic mass is 10.1. The molecule has 1 atom stereocenters. The molecule has 5 heteroatoms. The van der Waals surface area contributed by atoms with Gasteiger partial charge in [0.15, 0.2) is 0 Å². The van der Waals surface area contributed by atoms with Crippen LogP contribution in [0.25, 0.3) is 0 Å². The molecule has 0 aromatic heterocycles. The highest BCUT2D eigenvalue weighted by atomic mass is 19.1.